The van der Waals surface area contributed by atoms with Crippen LogP contribution in [0.15, 0.2) is 74.0 Å². The van der Waals surface area contributed by atoms with Crippen molar-refractivity contribution in [2.45, 2.75) is 90.6 Å². The molecule has 4 aromatic rings. The SMILES string of the molecule is C=CCOC1(C)CCN(c2c(C(C)(OC(C)(C)C)C(=O)O)c(C)nc3nc(-c4cccc(-c5cccc(F)c5)c4O[C@@H](C)CC=C)cn23)CC1. The molecule has 0 saturated carbocycles. The Bertz CT molecular complexity index is 1890. The van der Waals surface area contributed by atoms with Crippen LogP contribution in [0.3, 0.4) is 0 Å². The van der Waals surface area contributed by atoms with Crippen molar-refractivity contribution >= 4 is 17.6 Å². The number of aromatic nitrogens is 3. The van der Waals surface area contributed by atoms with Crippen molar-refractivity contribution in [2.24, 2.45) is 0 Å². The fraction of sp³-hybridized carbons (Fsp3) is 0.425. The number of aryl methyl sites for hydroxylation is 1. The molecule has 10 heteroatoms. The van der Waals surface area contributed by atoms with Crippen LogP contribution >= 0.6 is 0 Å². The van der Waals surface area contributed by atoms with E-state index in [2.05, 4.69) is 25.0 Å². The second-order valence-corrected chi connectivity index (χ2v) is 14.4. The van der Waals surface area contributed by atoms with Gasteiger partial charge in [-0.3, -0.25) is 4.40 Å². The Kier molecular flexibility index (Phi) is 10.6. The molecule has 3 heterocycles. The second kappa shape index (κ2) is 14.4. The number of fused-ring (bicyclic) bond motifs is 1. The van der Waals surface area contributed by atoms with E-state index in [1.807, 2.05) is 62.6 Å². The van der Waals surface area contributed by atoms with Gasteiger partial charge in [-0.25, -0.2) is 19.2 Å². The predicted molar refractivity (Wildman–Crippen MR) is 195 cm³/mol. The molecule has 2 aromatic carbocycles. The normalized spacial score (nSPS) is 16.5. The van der Waals surface area contributed by atoms with Crippen LogP contribution in [0.1, 0.15) is 72.1 Å². The minimum absolute atomic E-state index is 0.225. The standard InChI is InChI=1S/C40H49FN4O5/c1-10-14-26(3)49-34-30(28-15-12-16-29(41)24-28)17-13-18-31(34)32-25-45-35(44-21-19-39(8,20-22-44)48-23-11-2)33(27(4)42-37(45)43-32)40(9,36(46)47)50-38(5,6)7/h10-13,15-18,24-26H,1-2,14,19-23H2,3-9H3,(H,46,47)/t26-,40?/m0/s1. The van der Waals surface area contributed by atoms with Crippen molar-refractivity contribution in [3.05, 3.63) is 91.0 Å². The van der Waals surface area contributed by atoms with Crippen molar-refractivity contribution in [3.8, 4) is 28.1 Å². The number of para-hydroxylation sites is 1. The van der Waals surface area contributed by atoms with Crippen molar-refractivity contribution in [1.82, 2.24) is 14.4 Å². The molecule has 2 atom stereocenters. The van der Waals surface area contributed by atoms with Crippen LogP contribution in [0.2, 0.25) is 0 Å². The third-order valence-electron chi connectivity index (χ3n) is 9.08. The molecule has 50 heavy (non-hydrogen) atoms. The van der Waals surface area contributed by atoms with E-state index in [9.17, 15) is 14.3 Å². The largest absolute Gasteiger partial charge is 0.489 e. The highest BCUT2D eigenvalue weighted by atomic mass is 19.1. The van der Waals surface area contributed by atoms with Crippen LogP contribution in [0.25, 0.3) is 28.2 Å². The summed E-state index contributed by atoms with van der Waals surface area (Å²) < 4.78 is 35.4. The van der Waals surface area contributed by atoms with Crippen LogP contribution < -0.4 is 9.64 Å². The van der Waals surface area contributed by atoms with Gasteiger partial charge in [-0.15, -0.1) is 13.2 Å². The summed E-state index contributed by atoms with van der Waals surface area (Å²) in [7, 11) is 0. The topological polar surface area (TPSA) is 98.4 Å². The number of hydrogen-bond donors (Lipinski definition) is 1. The lowest BCUT2D eigenvalue weighted by Crippen LogP contribution is -2.48. The zero-order valence-corrected chi connectivity index (χ0v) is 30.3. The zero-order valence-electron chi connectivity index (χ0n) is 30.3. The predicted octanol–water partition coefficient (Wildman–Crippen LogP) is 8.53. The monoisotopic (exact) mass is 684 g/mol. The summed E-state index contributed by atoms with van der Waals surface area (Å²) in [4.78, 5) is 25.3. The molecule has 0 bridgehead atoms. The number of anilines is 1. The van der Waals surface area contributed by atoms with E-state index in [1.54, 1.807) is 32.1 Å². The fourth-order valence-corrected chi connectivity index (χ4v) is 6.74. The quantitative estimate of drug-likeness (QED) is 0.140. The highest BCUT2D eigenvalue weighted by molar-refractivity contribution is 5.84. The number of rotatable bonds is 13. The molecule has 0 amide bonds. The van der Waals surface area contributed by atoms with Crippen LogP contribution in [0.5, 0.6) is 5.75 Å². The molecule has 266 valence electrons. The van der Waals surface area contributed by atoms with Gasteiger partial charge in [0.15, 0.2) is 5.60 Å². The molecule has 0 aliphatic carbocycles. The van der Waals surface area contributed by atoms with Crippen LogP contribution in [-0.2, 0) is 19.9 Å². The first kappa shape index (κ1) is 36.7. The summed E-state index contributed by atoms with van der Waals surface area (Å²) >= 11 is 0. The molecule has 2 aromatic heterocycles. The van der Waals surface area contributed by atoms with Crippen LogP contribution in [-0.4, -0.2) is 62.4 Å². The third kappa shape index (κ3) is 7.61. The van der Waals surface area contributed by atoms with E-state index in [0.29, 0.717) is 89.9 Å². The average molecular weight is 685 g/mol. The Morgan fingerprint density at radius 3 is 2.38 bits per heavy atom. The first-order valence-corrected chi connectivity index (χ1v) is 17.1. The number of carboxylic acid groups (broad SMARTS) is 1. The third-order valence-corrected chi connectivity index (χ3v) is 9.08. The summed E-state index contributed by atoms with van der Waals surface area (Å²) in [6.07, 6.45) is 7.22. The lowest BCUT2D eigenvalue weighted by atomic mass is 9.90. The number of hydrogen-bond acceptors (Lipinski definition) is 7. The molecule has 9 nitrogen and oxygen atoms in total. The molecule has 5 rings (SSSR count). The smallest absolute Gasteiger partial charge is 0.340 e. The highest BCUT2D eigenvalue weighted by Crippen LogP contribution is 2.44. The molecule has 1 aliphatic rings. The zero-order chi connectivity index (χ0) is 36.4. The van der Waals surface area contributed by atoms with Crippen molar-refractivity contribution in [3.63, 3.8) is 0 Å². The molecule has 1 fully saturated rings. The molecule has 1 N–H and O–H groups in total. The van der Waals surface area contributed by atoms with Crippen LogP contribution in [0.4, 0.5) is 10.2 Å². The molecule has 0 radical (unpaired) electrons. The van der Waals surface area contributed by atoms with Gasteiger partial charge in [0.1, 0.15) is 17.4 Å². The minimum Gasteiger partial charge on any atom is -0.489 e. The number of aliphatic carboxylic acids is 1. The van der Waals surface area contributed by atoms with Gasteiger partial charge in [0.25, 0.3) is 0 Å². The average Bonchev–Trinajstić information content (AvgIpc) is 3.46. The maximum atomic E-state index is 14.4. The highest BCUT2D eigenvalue weighted by Gasteiger charge is 2.46. The summed E-state index contributed by atoms with van der Waals surface area (Å²) in [6.45, 7) is 22.3. The van der Waals surface area contributed by atoms with Crippen LogP contribution in [0, 0.1) is 12.7 Å². The van der Waals surface area contributed by atoms with Gasteiger partial charge in [-0.05, 0) is 85.1 Å². The van der Waals surface area contributed by atoms with Gasteiger partial charge in [-0.1, -0.05) is 36.4 Å². The van der Waals surface area contributed by atoms with Gasteiger partial charge < -0.3 is 24.2 Å². The van der Waals surface area contributed by atoms with Gasteiger partial charge >= 0.3 is 5.97 Å². The second-order valence-electron chi connectivity index (χ2n) is 14.4. The summed E-state index contributed by atoms with van der Waals surface area (Å²) in [5, 5.41) is 10.8. The maximum Gasteiger partial charge on any atom is 0.340 e. The first-order chi connectivity index (χ1) is 23.6. The van der Waals surface area contributed by atoms with E-state index in [4.69, 9.17) is 24.2 Å². The summed E-state index contributed by atoms with van der Waals surface area (Å²) in [6, 6.07) is 12.1. The van der Waals surface area contributed by atoms with E-state index in [0.717, 1.165) is 0 Å². The lowest BCUT2D eigenvalue weighted by Gasteiger charge is -2.42. The number of carbonyl (C=O) groups is 1. The summed E-state index contributed by atoms with van der Waals surface area (Å²) in [5.74, 6) is 0.124. The maximum absolute atomic E-state index is 14.4. The Balaban J connectivity index is 1.75. The van der Waals surface area contributed by atoms with Crippen molar-refractivity contribution in [2.75, 3.05) is 24.6 Å². The number of carboxylic acids is 1. The Hall–Kier alpha value is -4.54. The molecule has 1 unspecified atom stereocenters. The van der Waals surface area contributed by atoms with Crippen molar-refractivity contribution in [1.29, 1.82) is 0 Å². The Morgan fingerprint density at radius 1 is 1.08 bits per heavy atom. The first-order valence-electron chi connectivity index (χ1n) is 17.1. The van der Waals surface area contributed by atoms with E-state index < -0.39 is 17.2 Å². The Labute approximate surface area is 294 Å². The number of benzene rings is 2. The van der Waals surface area contributed by atoms with Crippen molar-refractivity contribution < 1.29 is 28.5 Å². The van der Waals surface area contributed by atoms with Gasteiger partial charge in [0, 0.05) is 36.8 Å². The minimum atomic E-state index is -1.74. The van der Waals surface area contributed by atoms with Gasteiger partial charge in [0.2, 0.25) is 5.78 Å². The summed E-state index contributed by atoms with van der Waals surface area (Å²) in [5.41, 5.74) is 0.721. The van der Waals surface area contributed by atoms with E-state index in [1.165, 1.54) is 12.1 Å². The molecule has 1 saturated heterocycles. The molecule has 0 spiro atoms. The number of piperidine rings is 1. The number of halogens is 1. The van der Waals surface area contributed by atoms with E-state index >= 15 is 0 Å². The van der Waals surface area contributed by atoms with E-state index in [-0.39, 0.29) is 17.5 Å². The molecule has 1 aliphatic heterocycles. The molecular formula is C40H49FN4O5. The lowest BCUT2D eigenvalue weighted by molar-refractivity contribution is -0.183. The fourth-order valence-electron chi connectivity index (χ4n) is 6.74. The number of imidazole rings is 1. The number of ether oxygens (including phenoxy) is 3. The van der Waals surface area contributed by atoms with Gasteiger partial charge in [-0.2, -0.15) is 0 Å². The number of nitrogens with zero attached hydrogens (tertiary/aromatic N) is 4. The molecular weight excluding hydrogens is 635 g/mol. The Morgan fingerprint density at radius 2 is 1.76 bits per heavy atom. The van der Waals surface area contributed by atoms with Gasteiger partial charge in [0.05, 0.1) is 40.9 Å².